The highest BCUT2D eigenvalue weighted by atomic mass is 35.5. The second kappa shape index (κ2) is 10.9. The molecule has 9 heteroatoms. The Bertz CT molecular complexity index is 856. The number of nitrogen functional groups attached to an aromatic ring is 1. The third kappa shape index (κ3) is 5.78. The van der Waals surface area contributed by atoms with Crippen molar-refractivity contribution in [2.75, 3.05) is 45.3 Å². The van der Waals surface area contributed by atoms with Crippen LogP contribution >= 0.6 is 23.4 Å². The molecule has 3 N–H and O–H groups in total. The third-order valence-electron chi connectivity index (χ3n) is 5.12. The molecule has 3 rings (SSSR count). The largest absolute Gasteiger partial charge is 0.496 e. The zero-order valence-corrected chi connectivity index (χ0v) is 18.7. The molecule has 2 heterocycles. The zero-order chi connectivity index (χ0) is 21.5. The number of carbonyl (C=O) groups is 1. The summed E-state index contributed by atoms with van der Waals surface area (Å²) >= 11 is 7.84. The van der Waals surface area contributed by atoms with Crippen molar-refractivity contribution in [3.8, 4) is 5.75 Å². The number of carbonyl (C=O) groups excluding carboxylic acids is 1. The molecule has 2 unspecified atom stereocenters. The molecule has 1 aliphatic rings. The Balaban J connectivity index is 1.55. The van der Waals surface area contributed by atoms with Crippen LogP contribution in [0.15, 0.2) is 41.6 Å². The lowest BCUT2D eigenvalue weighted by molar-refractivity contribution is 0.00834. The lowest BCUT2D eigenvalue weighted by Gasteiger charge is -2.38. The molecule has 1 amide bonds. The first-order chi connectivity index (χ1) is 14.5. The fourth-order valence-corrected chi connectivity index (χ4v) is 4.49. The van der Waals surface area contributed by atoms with Gasteiger partial charge in [0.05, 0.1) is 40.6 Å². The third-order valence-corrected chi connectivity index (χ3v) is 6.37. The topological polar surface area (TPSA) is 89.7 Å². The van der Waals surface area contributed by atoms with Crippen LogP contribution in [-0.2, 0) is 4.74 Å². The van der Waals surface area contributed by atoms with E-state index in [1.54, 1.807) is 31.1 Å². The van der Waals surface area contributed by atoms with Crippen molar-refractivity contribution in [2.24, 2.45) is 0 Å². The van der Waals surface area contributed by atoms with Crippen LogP contribution in [0, 0.1) is 0 Å². The average Bonchev–Trinajstić information content (AvgIpc) is 2.76. The average molecular weight is 451 g/mol. The monoisotopic (exact) mass is 450 g/mol. The Kier molecular flexibility index (Phi) is 8.21. The van der Waals surface area contributed by atoms with Crippen molar-refractivity contribution in [3.05, 3.63) is 47.1 Å². The number of nitrogens with one attached hydrogen (secondary N) is 1. The van der Waals surface area contributed by atoms with Crippen molar-refractivity contribution in [2.45, 2.75) is 23.6 Å². The molecule has 2 aromatic rings. The molecule has 0 radical (unpaired) electrons. The summed E-state index contributed by atoms with van der Waals surface area (Å²) in [5, 5.41) is 4.43. The van der Waals surface area contributed by atoms with Gasteiger partial charge in [-0.25, -0.2) is 4.98 Å². The lowest BCUT2D eigenvalue weighted by atomic mass is 10.0. The highest BCUT2D eigenvalue weighted by molar-refractivity contribution is 7.99. The van der Waals surface area contributed by atoms with Gasteiger partial charge >= 0.3 is 0 Å². The number of thioether (sulfide) groups is 1. The number of methoxy groups -OCH3 is 2. The summed E-state index contributed by atoms with van der Waals surface area (Å²) in [5.74, 6) is 1.10. The number of rotatable bonds is 8. The van der Waals surface area contributed by atoms with Gasteiger partial charge in [-0.1, -0.05) is 17.7 Å². The molecule has 1 aromatic heterocycles. The number of likely N-dealkylation sites (tertiary alicyclic amines) is 1. The van der Waals surface area contributed by atoms with Crippen molar-refractivity contribution in [1.29, 1.82) is 0 Å². The van der Waals surface area contributed by atoms with E-state index in [1.165, 1.54) is 13.2 Å². The van der Waals surface area contributed by atoms with Crippen LogP contribution in [0.4, 0.5) is 5.69 Å². The van der Waals surface area contributed by atoms with Gasteiger partial charge in [0.15, 0.2) is 0 Å². The summed E-state index contributed by atoms with van der Waals surface area (Å²) < 4.78 is 11.0. The van der Waals surface area contributed by atoms with Gasteiger partial charge < -0.3 is 20.5 Å². The molecule has 1 fully saturated rings. The van der Waals surface area contributed by atoms with Crippen LogP contribution in [0.2, 0.25) is 5.02 Å². The summed E-state index contributed by atoms with van der Waals surface area (Å²) in [6.07, 6.45) is 2.50. The van der Waals surface area contributed by atoms with Gasteiger partial charge in [0.1, 0.15) is 5.75 Å². The van der Waals surface area contributed by atoms with Crippen LogP contribution in [0.1, 0.15) is 16.8 Å². The maximum Gasteiger partial charge on any atom is 0.255 e. The number of ether oxygens (including phenoxy) is 2. The molecular weight excluding hydrogens is 424 g/mol. The van der Waals surface area contributed by atoms with Gasteiger partial charge in [0.2, 0.25) is 0 Å². The quantitative estimate of drug-likeness (QED) is 0.472. The summed E-state index contributed by atoms with van der Waals surface area (Å²) in [6.45, 7) is 2.57. The minimum atomic E-state index is -0.250. The normalized spacial score (nSPS) is 19.4. The van der Waals surface area contributed by atoms with Crippen molar-refractivity contribution < 1.29 is 14.3 Å². The Morgan fingerprint density at radius 3 is 2.93 bits per heavy atom. The number of aromatic nitrogens is 1. The summed E-state index contributed by atoms with van der Waals surface area (Å²) in [7, 11) is 3.18. The van der Waals surface area contributed by atoms with Crippen LogP contribution in [0.5, 0.6) is 5.75 Å². The molecule has 0 aliphatic carbocycles. The Hall–Kier alpha value is -2.00. The van der Waals surface area contributed by atoms with Gasteiger partial charge in [0.25, 0.3) is 5.91 Å². The van der Waals surface area contributed by atoms with Gasteiger partial charge in [-0.2, -0.15) is 0 Å². The first-order valence-electron chi connectivity index (χ1n) is 9.74. The van der Waals surface area contributed by atoms with Crippen molar-refractivity contribution >= 4 is 35.0 Å². The number of anilines is 1. The fourth-order valence-electron chi connectivity index (χ4n) is 3.46. The minimum absolute atomic E-state index is 0.0942. The summed E-state index contributed by atoms with van der Waals surface area (Å²) in [5.41, 5.74) is 6.54. The van der Waals surface area contributed by atoms with E-state index in [0.29, 0.717) is 22.0 Å². The molecule has 0 spiro atoms. The van der Waals surface area contributed by atoms with Gasteiger partial charge in [-0.3, -0.25) is 9.69 Å². The molecule has 7 nitrogen and oxygen atoms in total. The molecule has 1 aromatic carbocycles. The van der Waals surface area contributed by atoms with E-state index in [1.807, 2.05) is 18.2 Å². The molecule has 2 atom stereocenters. The van der Waals surface area contributed by atoms with Gasteiger partial charge in [-0.05, 0) is 24.6 Å². The summed E-state index contributed by atoms with van der Waals surface area (Å²) in [4.78, 5) is 19.5. The molecule has 0 saturated carbocycles. The van der Waals surface area contributed by atoms with E-state index in [4.69, 9.17) is 26.8 Å². The highest BCUT2D eigenvalue weighted by Gasteiger charge is 2.31. The van der Waals surface area contributed by atoms with Gasteiger partial charge in [0, 0.05) is 44.8 Å². The minimum Gasteiger partial charge on any atom is -0.496 e. The van der Waals surface area contributed by atoms with E-state index in [-0.39, 0.29) is 18.1 Å². The van der Waals surface area contributed by atoms with Crippen LogP contribution in [0.3, 0.4) is 0 Å². The predicted octanol–water partition coefficient (Wildman–Crippen LogP) is 2.94. The smallest absolute Gasteiger partial charge is 0.255 e. The first kappa shape index (κ1) is 22.7. The highest BCUT2D eigenvalue weighted by Crippen LogP contribution is 2.29. The van der Waals surface area contributed by atoms with Crippen molar-refractivity contribution in [3.63, 3.8) is 0 Å². The second-order valence-electron chi connectivity index (χ2n) is 7.03. The molecule has 30 heavy (non-hydrogen) atoms. The van der Waals surface area contributed by atoms with E-state index < -0.39 is 0 Å². The molecule has 0 bridgehead atoms. The lowest BCUT2D eigenvalue weighted by Crippen LogP contribution is -2.55. The molecule has 162 valence electrons. The first-order valence-corrected chi connectivity index (χ1v) is 11.1. The predicted molar refractivity (Wildman–Crippen MR) is 120 cm³/mol. The number of benzene rings is 1. The maximum atomic E-state index is 12.9. The number of nitrogens with zero attached hydrogens (tertiary/aromatic N) is 2. The molecule has 1 saturated heterocycles. The maximum absolute atomic E-state index is 12.9. The SMILES string of the molecule is COc1cc(N)c(Cl)cc1C(=O)NC1CCN(CCSc2ccccn2)CC1OC. The number of hydrogen-bond acceptors (Lipinski definition) is 7. The van der Waals surface area contributed by atoms with Crippen LogP contribution in [0.25, 0.3) is 0 Å². The van der Waals surface area contributed by atoms with E-state index in [9.17, 15) is 4.79 Å². The Labute approximate surface area is 186 Å². The number of amides is 1. The number of pyridine rings is 1. The van der Waals surface area contributed by atoms with Crippen LogP contribution in [-0.4, -0.2) is 67.5 Å². The second-order valence-corrected chi connectivity index (χ2v) is 8.56. The molecule has 1 aliphatic heterocycles. The number of hydrogen-bond donors (Lipinski definition) is 2. The number of nitrogens with two attached hydrogens (primary N) is 1. The molecular formula is C21H27ClN4O3S. The standard InChI is InChI=1S/C21H27ClN4O3S/c1-28-18-12-16(23)15(22)11-14(18)21(27)25-17-6-8-26(13-19(17)29-2)9-10-30-20-5-3-4-7-24-20/h3-5,7,11-12,17,19H,6,8-10,13,23H2,1-2H3,(H,25,27). The van der Waals surface area contributed by atoms with E-state index in [2.05, 4.69) is 15.2 Å². The van der Waals surface area contributed by atoms with Crippen LogP contribution < -0.4 is 15.8 Å². The Morgan fingerprint density at radius 1 is 1.40 bits per heavy atom. The van der Waals surface area contributed by atoms with E-state index in [0.717, 1.165) is 36.8 Å². The zero-order valence-electron chi connectivity index (χ0n) is 17.1. The number of piperidine rings is 1. The summed E-state index contributed by atoms with van der Waals surface area (Å²) in [6, 6.07) is 8.93. The van der Waals surface area contributed by atoms with Gasteiger partial charge in [-0.15, -0.1) is 11.8 Å². The fraction of sp³-hybridized carbons (Fsp3) is 0.429. The Morgan fingerprint density at radius 2 is 2.23 bits per heavy atom. The number of halogens is 1. The van der Waals surface area contributed by atoms with Crippen molar-refractivity contribution in [1.82, 2.24) is 15.2 Å². The van der Waals surface area contributed by atoms with E-state index >= 15 is 0 Å².